The lowest BCUT2D eigenvalue weighted by molar-refractivity contribution is 0.102. The molecule has 1 saturated heterocycles. The summed E-state index contributed by atoms with van der Waals surface area (Å²) < 4.78 is 3.40. The second-order valence-corrected chi connectivity index (χ2v) is 8.48. The Morgan fingerprint density at radius 3 is 3.03 bits per heavy atom. The summed E-state index contributed by atoms with van der Waals surface area (Å²) in [6.45, 7) is 4.94. The number of nitrogens with zero attached hydrogens (tertiary/aromatic N) is 3. The summed E-state index contributed by atoms with van der Waals surface area (Å²) in [7, 11) is 0. The van der Waals surface area contributed by atoms with Crippen LogP contribution in [0.2, 0.25) is 0 Å². The molecular weight excluding hydrogens is 386 g/mol. The van der Waals surface area contributed by atoms with Gasteiger partial charge in [0.05, 0.1) is 12.7 Å². The number of rotatable bonds is 6. The SMILES string of the molecule is Cc1ccn(CC2CCCNC2)c(=O)c1C(=O)Nc1ccnn1Cc1cccs1. The molecule has 1 aliphatic rings. The predicted molar refractivity (Wildman–Crippen MR) is 115 cm³/mol. The Bertz CT molecular complexity index is 1030. The van der Waals surface area contributed by atoms with E-state index in [-0.39, 0.29) is 11.1 Å². The molecule has 1 aliphatic heterocycles. The lowest BCUT2D eigenvalue weighted by Crippen LogP contribution is -2.36. The van der Waals surface area contributed by atoms with E-state index in [4.69, 9.17) is 0 Å². The van der Waals surface area contributed by atoms with E-state index >= 15 is 0 Å². The van der Waals surface area contributed by atoms with Gasteiger partial charge in [-0.15, -0.1) is 11.3 Å². The van der Waals surface area contributed by atoms with E-state index in [2.05, 4.69) is 15.7 Å². The molecule has 8 heteroatoms. The summed E-state index contributed by atoms with van der Waals surface area (Å²) in [5.41, 5.74) is 0.632. The van der Waals surface area contributed by atoms with Crippen molar-refractivity contribution in [1.82, 2.24) is 19.7 Å². The first-order valence-electron chi connectivity index (χ1n) is 9.88. The third-order valence-electron chi connectivity index (χ3n) is 5.30. The molecule has 7 nitrogen and oxygen atoms in total. The van der Waals surface area contributed by atoms with Crippen LogP contribution in [0, 0.1) is 12.8 Å². The molecule has 0 spiro atoms. The minimum absolute atomic E-state index is 0.195. The summed E-state index contributed by atoms with van der Waals surface area (Å²) in [4.78, 5) is 27.2. The third-order valence-corrected chi connectivity index (χ3v) is 6.16. The summed E-state index contributed by atoms with van der Waals surface area (Å²) in [6.07, 6.45) is 5.66. The molecule has 1 unspecified atom stereocenters. The van der Waals surface area contributed by atoms with E-state index in [0.29, 0.717) is 30.4 Å². The second-order valence-electron chi connectivity index (χ2n) is 7.45. The van der Waals surface area contributed by atoms with Gasteiger partial charge in [-0.25, -0.2) is 4.68 Å². The maximum atomic E-state index is 13.0. The highest BCUT2D eigenvalue weighted by molar-refractivity contribution is 7.09. The molecular formula is C21H25N5O2S. The largest absolute Gasteiger partial charge is 0.316 e. The van der Waals surface area contributed by atoms with Crippen LogP contribution in [0.1, 0.15) is 33.6 Å². The van der Waals surface area contributed by atoms with E-state index in [9.17, 15) is 9.59 Å². The smallest absolute Gasteiger partial charge is 0.263 e. The van der Waals surface area contributed by atoms with Crippen molar-refractivity contribution in [1.29, 1.82) is 0 Å². The fraction of sp³-hybridized carbons (Fsp3) is 0.381. The highest BCUT2D eigenvalue weighted by Gasteiger charge is 2.20. The van der Waals surface area contributed by atoms with Gasteiger partial charge in [-0.3, -0.25) is 9.59 Å². The number of hydrogen-bond acceptors (Lipinski definition) is 5. The van der Waals surface area contributed by atoms with E-state index < -0.39 is 5.91 Å². The fourth-order valence-corrected chi connectivity index (χ4v) is 4.42. The number of pyridine rings is 1. The van der Waals surface area contributed by atoms with E-state index in [0.717, 1.165) is 30.8 Å². The zero-order valence-electron chi connectivity index (χ0n) is 16.4. The Kier molecular flexibility index (Phi) is 5.92. The molecule has 152 valence electrons. The molecule has 29 heavy (non-hydrogen) atoms. The Labute approximate surface area is 173 Å². The number of carbonyl (C=O) groups is 1. The van der Waals surface area contributed by atoms with Crippen molar-refractivity contribution in [2.75, 3.05) is 18.4 Å². The van der Waals surface area contributed by atoms with Crippen molar-refractivity contribution < 1.29 is 4.79 Å². The van der Waals surface area contributed by atoms with Crippen molar-refractivity contribution in [2.24, 2.45) is 5.92 Å². The number of hydrogen-bond donors (Lipinski definition) is 2. The third kappa shape index (κ3) is 4.49. The molecule has 4 heterocycles. The van der Waals surface area contributed by atoms with E-state index in [1.165, 1.54) is 0 Å². The number of anilines is 1. The summed E-state index contributed by atoms with van der Waals surface area (Å²) in [6, 6.07) is 7.60. The lowest BCUT2D eigenvalue weighted by atomic mass is 9.99. The first-order chi connectivity index (χ1) is 14.1. The van der Waals surface area contributed by atoms with Gasteiger partial charge in [-0.1, -0.05) is 6.07 Å². The molecule has 0 aliphatic carbocycles. The number of thiophene rings is 1. The van der Waals surface area contributed by atoms with Crippen LogP contribution in [-0.2, 0) is 13.1 Å². The van der Waals surface area contributed by atoms with Gasteiger partial charge < -0.3 is 15.2 Å². The number of carbonyl (C=O) groups excluding carboxylic acids is 1. The highest BCUT2D eigenvalue weighted by atomic mass is 32.1. The molecule has 0 radical (unpaired) electrons. The average Bonchev–Trinajstić information content (AvgIpc) is 3.38. The van der Waals surface area contributed by atoms with Crippen LogP contribution in [0.4, 0.5) is 5.82 Å². The first-order valence-corrected chi connectivity index (χ1v) is 10.8. The van der Waals surface area contributed by atoms with Crippen LogP contribution in [0.15, 0.2) is 46.8 Å². The van der Waals surface area contributed by atoms with Gasteiger partial charge in [0.1, 0.15) is 11.4 Å². The molecule has 2 N–H and O–H groups in total. The average molecular weight is 412 g/mol. The van der Waals surface area contributed by atoms with Crippen molar-refractivity contribution in [2.45, 2.75) is 32.9 Å². The minimum atomic E-state index is -0.392. The van der Waals surface area contributed by atoms with Gasteiger partial charge in [0, 0.05) is 23.7 Å². The van der Waals surface area contributed by atoms with Crippen molar-refractivity contribution in [3.8, 4) is 0 Å². The fourth-order valence-electron chi connectivity index (χ4n) is 3.74. The molecule has 1 amide bonds. The summed E-state index contributed by atoms with van der Waals surface area (Å²) in [5.74, 6) is 0.595. The molecule has 3 aromatic heterocycles. The van der Waals surface area contributed by atoms with Crippen LogP contribution >= 0.6 is 11.3 Å². The maximum absolute atomic E-state index is 13.0. The Hall–Kier alpha value is -2.71. The molecule has 1 atom stereocenters. The standard InChI is InChI=1S/C21H25N5O2S/c1-15-7-10-25(13-16-4-2-8-22-12-16)21(28)19(15)20(27)24-18-6-9-23-26(18)14-17-5-3-11-29-17/h3,5-7,9-11,16,22H,2,4,8,12-14H2,1H3,(H,24,27). The van der Waals surface area contributed by atoms with Gasteiger partial charge in [0.15, 0.2) is 0 Å². The monoisotopic (exact) mass is 411 g/mol. The number of nitrogens with one attached hydrogen (secondary N) is 2. The van der Waals surface area contributed by atoms with Gasteiger partial charge in [-0.2, -0.15) is 5.10 Å². The van der Waals surface area contributed by atoms with E-state index in [1.807, 2.05) is 23.6 Å². The van der Waals surface area contributed by atoms with Crippen molar-refractivity contribution in [3.63, 3.8) is 0 Å². The van der Waals surface area contributed by atoms with Crippen LogP contribution in [0.3, 0.4) is 0 Å². The molecule has 1 fully saturated rings. The summed E-state index contributed by atoms with van der Waals surface area (Å²) in [5, 5.41) is 12.6. The van der Waals surface area contributed by atoms with Crippen LogP contribution in [0.25, 0.3) is 0 Å². The van der Waals surface area contributed by atoms with Gasteiger partial charge in [0.2, 0.25) is 0 Å². The van der Waals surface area contributed by atoms with E-state index in [1.54, 1.807) is 46.0 Å². The van der Waals surface area contributed by atoms with Crippen LogP contribution < -0.4 is 16.2 Å². The van der Waals surface area contributed by atoms with Crippen LogP contribution in [-0.4, -0.2) is 33.3 Å². The Balaban J connectivity index is 1.54. The molecule has 4 rings (SSSR count). The first kappa shape index (κ1) is 19.6. The number of aromatic nitrogens is 3. The minimum Gasteiger partial charge on any atom is -0.316 e. The van der Waals surface area contributed by atoms with Gasteiger partial charge in [-0.05, 0) is 61.8 Å². The maximum Gasteiger partial charge on any atom is 0.263 e. The Morgan fingerprint density at radius 2 is 2.28 bits per heavy atom. The highest BCUT2D eigenvalue weighted by Crippen LogP contribution is 2.16. The summed E-state index contributed by atoms with van der Waals surface area (Å²) >= 11 is 1.64. The van der Waals surface area contributed by atoms with Crippen LogP contribution in [0.5, 0.6) is 0 Å². The molecule has 3 aromatic rings. The number of piperidine rings is 1. The molecule has 0 bridgehead atoms. The van der Waals surface area contributed by atoms with Gasteiger partial charge >= 0.3 is 0 Å². The second kappa shape index (κ2) is 8.75. The zero-order valence-corrected chi connectivity index (χ0v) is 17.2. The Morgan fingerprint density at radius 1 is 1.38 bits per heavy atom. The topological polar surface area (TPSA) is 81.0 Å². The van der Waals surface area contributed by atoms with Crippen molar-refractivity contribution >= 4 is 23.1 Å². The predicted octanol–water partition coefficient (Wildman–Crippen LogP) is 2.71. The quantitative estimate of drug-likeness (QED) is 0.654. The number of amides is 1. The lowest BCUT2D eigenvalue weighted by Gasteiger charge is -2.23. The molecule has 0 saturated carbocycles. The van der Waals surface area contributed by atoms with Crippen molar-refractivity contribution in [3.05, 3.63) is 68.4 Å². The zero-order chi connectivity index (χ0) is 20.2. The normalized spacial score (nSPS) is 16.7. The van der Waals surface area contributed by atoms with Gasteiger partial charge in [0.25, 0.3) is 11.5 Å². The number of aryl methyl sites for hydroxylation is 1. The molecule has 0 aromatic carbocycles.